The van der Waals surface area contributed by atoms with E-state index in [0.717, 1.165) is 12.8 Å². The highest BCUT2D eigenvalue weighted by Crippen LogP contribution is 2.25. The monoisotopic (exact) mass is 287 g/mol. The highest BCUT2D eigenvalue weighted by molar-refractivity contribution is 6.25. The Kier molecular flexibility index (Phi) is 4.77. The van der Waals surface area contributed by atoms with Gasteiger partial charge in [-0.1, -0.05) is 11.6 Å². The minimum Gasteiger partial charge on any atom is -0.483 e. The summed E-state index contributed by atoms with van der Waals surface area (Å²) in [5.74, 6) is -1.72. The van der Waals surface area contributed by atoms with Gasteiger partial charge in [-0.15, -0.1) is 0 Å². The van der Waals surface area contributed by atoms with Crippen LogP contribution in [-0.4, -0.2) is 12.6 Å². The van der Waals surface area contributed by atoms with Crippen LogP contribution in [-0.2, 0) is 6.54 Å². The third-order valence-electron chi connectivity index (χ3n) is 2.86. The molecule has 0 spiro atoms. The fraction of sp³-hybridized carbons (Fsp3) is 0.429. The van der Waals surface area contributed by atoms with Gasteiger partial charge in [0.1, 0.15) is 6.61 Å². The van der Waals surface area contributed by atoms with Gasteiger partial charge in [-0.05, 0) is 43.0 Å². The van der Waals surface area contributed by atoms with E-state index in [1.165, 1.54) is 17.7 Å². The molecule has 0 amide bonds. The zero-order chi connectivity index (χ0) is 13.8. The second-order valence-corrected chi connectivity index (χ2v) is 5.01. The Morgan fingerprint density at radius 3 is 2.58 bits per heavy atom. The summed E-state index contributed by atoms with van der Waals surface area (Å²) >= 11 is 5.46. The minimum absolute atomic E-state index is 0.0665. The molecule has 0 unspecified atom stereocenters. The Hall–Kier alpha value is -1.13. The third-order valence-corrected chi connectivity index (χ3v) is 3.23. The van der Waals surface area contributed by atoms with Crippen LogP contribution in [0.2, 0.25) is 0 Å². The quantitative estimate of drug-likeness (QED) is 0.860. The molecule has 19 heavy (non-hydrogen) atoms. The zero-order valence-corrected chi connectivity index (χ0v) is 11.4. The van der Waals surface area contributed by atoms with Crippen molar-refractivity contribution in [3.8, 4) is 5.75 Å². The minimum atomic E-state index is -0.685. The first kappa shape index (κ1) is 14.3. The Balaban J connectivity index is 2.02. The molecule has 0 saturated heterocycles. The smallest absolute Gasteiger partial charge is 0.191 e. The van der Waals surface area contributed by atoms with E-state index >= 15 is 0 Å². The van der Waals surface area contributed by atoms with Gasteiger partial charge in [-0.2, -0.15) is 0 Å². The highest BCUT2D eigenvalue weighted by atomic mass is 35.5. The van der Waals surface area contributed by atoms with E-state index in [1.807, 2.05) is 0 Å². The van der Waals surface area contributed by atoms with Crippen LogP contribution in [0.25, 0.3) is 0 Å². The molecule has 0 atom stereocenters. The molecule has 1 fully saturated rings. The Labute approximate surface area is 116 Å². The van der Waals surface area contributed by atoms with E-state index in [-0.39, 0.29) is 12.4 Å². The molecule has 1 aromatic rings. The molecule has 0 aliphatic heterocycles. The molecule has 0 bridgehead atoms. The third kappa shape index (κ3) is 4.18. The molecule has 1 aliphatic carbocycles. The van der Waals surface area contributed by atoms with E-state index in [4.69, 9.17) is 16.3 Å². The average molecular weight is 288 g/mol. The first-order valence-corrected chi connectivity index (χ1v) is 6.63. The lowest BCUT2D eigenvalue weighted by atomic mass is 10.2. The number of nitrogens with one attached hydrogen (secondary N) is 1. The lowest BCUT2D eigenvalue weighted by Gasteiger charge is -2.10. The molecule has 0 heterocycles. The molecule has 104 valence electrons. The predicted octanol–water partition coefficient (Wildman–Crippen LogP) is 3.74. The van der Waals surface area contributed by atoms with Crippen molar-refractivity contribution in [1.29, 1.82) is 0 Å². The van der Waals surface area contributed by atoms with Gasteiger partial charge in [-0.25, -0.2) is 8.78 Å². The van der Waals surface area contributed by atoms with Crippen molar-refractivity contribution in [3.05, 3.63) is 40.4 Å². The summed E-state index contributed by atoms with van der Waals surface area (Å²) in [6, 6.07) is 3.10. The van der Waals surface area contributed by atoms with E-state index in [0.29, 0.717) is 23.7 Å². The second-order valence-electron chi connectivity index (χ2n) is 4.79. The number of ether oxygens (including phenoxy) is 1. The molecule has 1 N–H and O–H groups in total. The van der Waals surface area contributed by atoms with Gasteiger partial charge >= 0.3 is 0 Å². The van der Waals surface area contributed by atoms with Gasteiger partial charge in [0.2, 0.25) is 0 Å². The van der Waals surface area contributed by atoms with Crippen molar-refractivity contribution in [2.75, 3.05) is 6.61 Å². The summed E-state index contributed by atoms with van der Waals surface area (Å²) in [5, 5.41) is 3.21. The predicted molar refractivity (Wildman–Crippen MR) is 71.3 cm³/mol. The van der Waals surface area contributed by atoms with Crippen LogP contribution in [0.15, 0.2) is 23.2 Å². The van der Waals surface area contributed by atoms with Crippen LogP contribution < -0.4 is 10.1 Å². The number of rotatable bonds is 6. The van der Waals surface area contributed by atoms with E-state index < -0.39 is 11.6 Å². The van der Waals surface area contributed by atoms with Gasteiger partial charge in [0.15, 0.2) is 17.4 Å². The van der Waals surface area contributed by atoms with Crippen LogP contribution in [0.3, 0.4) is 0 Å². The van der Waals surface area contributed by atoms with Crippen LogP contribution in [0.5, 0.6) is 5.75 Å². The Morgan fingerprint density at radius 1 is 1.42 bits per heavy atom. The molecule has 0 radical (unpaired) electrons. The van der Waals surface area contributed by atoms with Gasteiger partial charge in [0.25, 0.3) is 0 Å². The Morgan fingerprint density at radius 2 is 2.05 bits per heavy atom. The van der Waals surface area contributed by atoms with E-state index in [1.54, 1.807) is 6.92 Å². The molecule has 2 nitrogen and oxygen atoms in total. The molecule has 1 aromatic carbocycles. The maximum absolute atomic E-state index is 13.8. The van der Waals surface area contributed by atoms with Crippen LogP contribution >= 0.6 is 11.6 Å². The normalized spacial score (nSPS) is 15.7. The first-order chi connectivity index (χ1) is 9.10. The molecule has 2 rings (SSSR count). The lowest BCUT2D eigenvalue weighted by Crippen LogP contribution is -2.15. The van der Waals surface area contributed by atoms with E-state index in [2.05, 4.69) is 5.32 Å². The van der Waals surface area contributed by atoms with Crippen molar-refractivity contribution in [1.82, 2.24) is 5.32 Å². The average Bonchev–Trinajstić information content (AvgIpc) is 3.19. The maximum atomic E-state index is 13.8. The largest absolute Gasteiger partial charge is 0.483 e. The second kappa shape index (κ2) is 6.35. The molecule has 0 aromatic heterocycles. The van der Waals surface area contributed by atoms with Crippen LogP contribution in [0.1, 0.15) is 25.3 Å². The summed E-state index contributed by atoms with van der Waals surface area (Å²) in [5.41, 5.74) is 2.60. The van der Waals surface area contributed by atoms with Crippen LogP contribution in [0, 0.1) is 11.6 Å². The fourth-order valence-electron chi connectivity index (χ4n) is 1.62. The maximum Gasteiger partial charge on any atom is 0.191 e. The number of hydrogen-bond donors (Lipinski definition) is 1. The van der Waals surface area contributed by atoms with Crippen molar-refractivity contribution >= 4 is 11.6 Å². The van der Waals surface area contributed by atoms with Crippen molar-refractivity contribution in [3.63, 3.8) is 0 Å². The van der Waals surface area contributed by atoms with Gasteiger partial charge < -0.3 is 10.1 Å². The lowest BCUT2D eigenvalue weighted by molar-refractivity contribution is 0.312. The van der Waals surface area contributed by atoms with Gasteiger partial charge in [0, 0.05) is 18.1 Å². The summed E-state index contributed by atoms with van der Waals surface area (Å²) in [7, 11) is 0. The molecular weight excluding hydrogens is 272 g/mol. The zero-order valence-electron chi connectivity index (χ0n) is 10.7. The number of hydrogen-bond acceptors (Lipinski definition) is 2. The topological polar surface area (TPSA) is 21.3 Å². The number of halogens is 3. The summed E-state index contributed by atoms with van der Waals surface area (Å²) in [6.07, 6.45) is 2.27. The van der Waals surface area contributed by atoms with E-state index in [9.17, 15) is 8.78 Å². The summed E-state index contributed by atoms with van der Waals surface area (Å²) < 4.78 is 32.6. The van der Waals surface area contributed by atoms with Crippen molar-refractivity contribution in [2.24, 2.45) is 0 Å². The highest BCUT2D eigenvalue weighted by Gasteiger charge is 2.20. The number of benzene rings is 1. The molecular formula is C14H16ClF2NO. The SMILES string of the molecule is CC(=CCl)COc1c(F)cc(CNC2CC2)cc1F. The molecule has 1 aliphatic rings. The van der Waals surface area contributed by atoms with Crippen molar-refractivity contribution < 1.29 is 13.5 Å². The van der Waals surface area contributed by atoms with Gasteiger partial charge in [0.05, 0.1) is 0 Å². The van der Waals surface area contributed by atoms with Crippen molar-refractivity contribution in [2.45, 2.75) is 32.4 Å². The fourth-order valence-corrected chi connectivity index (χ4v) is 1.68. The molecule has 1 saturated carbocycles. The molecule has 5 heteroatoms. The summed E-state index contributed by atoms with van der Waals surface area (Å²) in [6.45, 7) is 2.26. The van der Waals surface area contributed by atoms with Crippen LogP contribution in [0.4, 0.5) is 8.78 Å². The Bertz CT molecular complexity index is 463. The standard InChI is InChI=1S/C14H16ClF2NO/c1-9(6-15)8-19-14-12(16)4-10(5-13(14)17)7-18-11-2-3-11/h4-6,11,18H,2-3,7-8H2,1H3. The first-order valence-electron chi connectivity index (χ1n) is 6.20. The van der Waals surface area contributed by atoms with Gasteiger partial charge in [-0.3, -0.25) is 0 Å². The summed E-state index contributed by atoms with van der Waals surface area (Å²) in [4.78, 5) is 0.